The number of hydrogen-bond donors (Lipinski definition) is 3. The van der Waals surface area contributed by atoms with Crippen LogP contribution in [0.2, 0.25) is 0 Å². The van der Waals surface area contributed by atoms with Gasteiger partial charge in [-0.15, -0.1) is 0 Å². The zero-order valence-corrected chi connectivity index (χ0v) is 12.9. The number of hydrogen-bond acceptors (Lipinski definition) is 3. The number of aliphatic carboxylic acids is 1. The fraction of sp³-hybridized carbons (Fsp3) is 0.800. The third-order valence-electron chi connectivity index (χ3n) is 3.30. The summed E-state index contributed by atoms with van der Waals surface area (Å²) < 4.78 is 0. The molecule has 0 fully saturated rings. The van der Waals surface area contributed by atoms with Crippen LogP contribution in [-0.2, 0) is 14.4 Å². The summed E-state index contributed by atoms with van der Waals surface area (Å²) in [6, 6.07) is -0.936. The Balaban J connectivity index is 3.72. The molecule has 0 aromatic heterocycles. The topological polar surface area (TPSA) is 95.5 Å². The first-order valence-electron chi connectivity index (χ1n) is 7.81. The second-order valence-corrected chi connectivity index (χ2v) is 5.19. The van der Waals surface area contributed by atoms with Gasteiger partial charge in [-0.25, -0.2) is 4.79 Å². The molecule has 0 bridgehead atoms. The Morgan fingerprint density at radius 1 is 1.10 bits per heavy atom. The number of unbranched alkanes of at least 4 members (excludes halogenated alkanes) is 6. The van der Waals surface area contributed by atoms with Crippen molar-refractivity contribution in [2.45, 2.75) is 70.8 Å². The van der Waals surface area contributed by atoms with E-state index in [1.54, 1.807) is 0 Å². The van der Waals surface area contributed by atoms with Crippen molar-refractivity contribution in [3.63, 3.8) is 0 Å². The predicted octanol–water partition coefficient (Wildman–Crippen LogP) is 1.83. The lowest BCUT2D eigenvalue weighted by molar-refractivity contribution is -0.142. The van der Waals surface area contributed by atoms with Gasteiger partial charge in [0, 0.05) is 13.0 Å². The van der Waals surface area contributed by atoms with E-state index >= 15 is 0 Å². The van der Waals surface area contributed by atoms with E-state index in [-0.39, 0.29) is 18.9 Å². The van der Waals surface area contributed by atoms with Crippen LogP contribution in [0.5, 0.6) is 0 Å². The number of carbonyl (C=O) groups excluding carboxylic acids is 2. The molecule has 0 radical (unpaired) electrons. The summed E-state index contributed by atoms with van der Waals surface area (Å²) in [5.74, 6) is -1.31. The van der Waals surface area contributed by atoms with Gasteiger partial charge >= 0.3 is 5.97 Å². The SMILES string of the molecule is CCCCCCCCCC(=O)NC(CCNC=O)C(=O)O. The predicted molar refractivity (Wildman–Crippen MR) is 80.9 cm³/mol. The van der Waals surface area contributed by atoms with Gasteiger partial charge in [0.2, 0.25) is 12.3 Å². The van der Waals surface area contributed by atoms with Crippen LogP contribution in [0.15, 0.2) is 0 Å². The van der Waals surface area contributed by atoms with E-state index < -0.39 is 12.0 Å². The minimum absolute atomic E-state index is 0.191. The largest absolute Gasteiger partial charge is 0.480 e. The van der Waals surface area contributed by atoms with Gasteiger partial charge in [0.05, 0.1) is 0 Å². The summed E-state index contributed by atoms with van der Waals surface area (Å²) in [6.45, 7) is 2.41. The van der Waals surface area contributed by atoms with E-state index in [0.29, 0.717) is 12.8 Å². The van der Waals surface area contributed by atoms with Gasteiger partial charge in [-0.3, -0.25) is 9.59 Å². The van der Waals surface area contributed by atoms with E-state index in [0.717, 1.165) is 19.3 Å². The molecular weight excluding hydrogens is 272 g/mol. The Morgan fingerprint density at radius 3 is 2.29 bits per heavy atom. The van der Waals surface area contributed by atoms with Crippen LogP contribution in [-0.4, -0.2) is 36.0 Å². The lowest BCUT2D eigenvalue weighted by Gasteiger charge is -2.14. The third-order valence-corrected chi connectivity index (χ3v) is 3.30. The second kappa shape index (κ2) is 13.4. The quantitative estimate of drug-likeness (QED) is 0.337. The molecule has 2 amide bonds. The fourth-order valence-corrected chi connectivity index (χ4v) is 2.05. The summed E-state index contributed by atoms with van der Waals surface area (Å²) in [5, 5.41) is 13.9. The molecule has 3 N–H and O–H groups in total. The Bertz CT molecular complexity index is 308. The van der Waals surface area contributed by atoms with E-state index in [1.807, 2.05) is 0 Å². The van der Waals surface area contributed by atoms with Crippen LogP contribution in [0.4, 0.5) is 0 Å². The Morgan fingerprint density at radius 2 is 1.71 bits per heavy atom. The van der Waals surface area contributed by atoms with Gasteiger partial charge in [0.15, 0.2) is 0 Å². The molecule has 0 saturated carbocycles. The Labute approximate surface area is 126 Å². The summed E-state index contributed by atoms with van der Waals surface area (Å²) in [6.07, 6.45) is 8.90. The molecular formula is C15H28N2O4. The third kappa shape index (κ3) is 11.9. The summed E-state index contributed by atoms with van der Waals surface area (Å²) in [7, 11) is 0. The fourth-order valence-electron chi connectivity index (χ4n) is 2.05. The molecule has 1 atom stereocenters. The van der Waals surface area contributed by atoms with Crippen molar-refractivity contribution in [3.05, 3.63) is 0 Å². The number of carboxylic acids is 1. The summed E-state index contributed by atoms with van der Waals surface area (Å²) in [4.78, 5) is 32.7. The molecule has 0 saturated heterocycles. The zero-order chi connectivity index (χ0) is 15.9. The van der Waals surface area contributed by atoms with Crippen molar-refractivity contribution in [2.75, 3.05) is 6.54 Å². The summed E-state index contributed by atoms with van der Waals surface area (Å²) in [5.41, 5.74) is 0. The number of amides is 2. The van der Waals surface area contributed by atoms with Crippen LogP contribution in [0.25, 0.3) is 0 Å². The molecule has 0 aromatic rings. The molecule has 0 aliphatic rings. The lowest BCUT2D eigenvalue weighted by atomic mass is 10.1. The molecule has 0 spiro atoms. The van der Waals surface area contributed by atoms with Gasteiger partial charge in [0.1, 0.15) is 6.04 Å². The number of carboxylic acid groups (broad SMARTS) is 1. The normalized spacial score (nSPS) is 11.7. The monoisotopic (exact) mass is 300 g/mol. The molecule has 122 valence electrons. The number of carbonyl (C=O) groups is 3. The smallest absolute Gasteiger partial charge is 0.326 e. The maximum atomic E-state index is 11.7. The molecule has 0 aromatic carbocycles. The first kappa shape index (κ1) is 19.4. The number of nitrogens with one attached hydrogen (secondary N) is 2. The van der Waals surface area contributed by atoms with Crippen LogP contribution in [0, 0.1) is 0 Å². The van der Waals surface area contributed by atoms with Crippen LogP contribution in [0.1, 0.15) is 64.7 Å². The highest BCUT2D eigenvalue weighted by Gasteiger charge is 2.18. The molecule has 0 heterocycles. The van der Waals surface area contributed by atoms with Crippen molar-refractivity contribution >= 4 is 18.3 Å². The second-order valence-electron chi connectivity index (χ2n) is 5.19. The zero-order valence-electron chi connectivity index (χ0n) is 12.9. The molecule has 1 unspecified atom stereocenters. The maximum absolute atomic E-state index is 11.7. The Hall–Kier alpha value is -1.59. The highest BCUT2D eigenvalue weighted by atomic mass is 16.4. The first-order valence-corrected chi connectivity index (χ1v) is 7.81. The highest BCUT2D eigenvalue weighted by molar-refractivity contribution is 5.83. The molecule has 0 rings (SSSR count). The van der Waals surface area contributed by atoms with Gasteiger partial charge in [-0.1, -0.05) is 45.4 Å². The van der Waals surface area contributed by atoms with Crippen LogP contribution < -0.4 is 10.6 Å². The molecule has 21 heavy (non-hydrogen) atoms. The average Bonchev–Trinajstić information content (AvgIpc) is 2.45. The van der Waals surface area contributed by atoms with Crippen molar-refractivity contribution in [2.24, 2.45) is 0 Å². The van der Waals surface area contributed by atoms with E-state index in [9.17, 15) is 14.4 Å². The molecule has 0 aliphatic carbocycles. The van der Waals surface area contributed by atoms with Gasteiger partial charge in [0.25, 0.3) is 0 Å². The van der Waals surface area contributed by atoms with E-state index in [4.69, 9.17) is 5.11 Å². The lowest BCUT2D eigenvalue weighted by Crippen LogP contribution is -2.42. The van der Waals surface area contributed by atoms with Crippen molar-refractivity contribution in [1.29, 1.82) is 0 Å². The van der Waals surface area contributed by atoms with Gasteiger partial charge in [-0.05, 0) is 12.8 Å². The van der Waals surface area contributed by atoms with Crippen LogP contribution >= 0.6 is 0 Å². The Kier molecular flexibility index (Phi) is 12.4. The van der Waals surface area contributed by atoms with Crippen molar-refractivity contribution in [3.8, 4) is 0 Å². The first-order chi connectivity index (χ1) is 10.1. The minimum atomic E-state index is -1.07. The minimum Gasteiger partial charge on any atom is -0.480 e. The van der Waals surface area contributed by atoms with Crippen LogP contribution in [0.3, 0.4) is 0 Å². The maximum Gasteiger partial charge on any atom is 0.326 e. The molecule has 0 aliphatic heterocycles. The summed E-state index contributed by atoms with van der Waals surface area (Å²) >= 11 is 0. The van der Waals surface area contributed by atoms with E-state index in [2.05, 4.69) is 17.6 Å². The van der Waals surface area contributed by atoms with Crippen molar-refractivity contribution < 1.29 is 19.5 Å². The molecule has 6 nitrogen and oxygen atoms in total. The van der Waals surface area contributed by atoms with E-state index in [1.165, 1.54) is 25.7 Å². The standard InChI is InChI=1S/C15H28N2O4/c1-2-3-4-5-6-7-8-9-14(19)17-13(15(20)21)10-11-16-12-18/h12-13H,2-11H2,1H3,(H,16,18)(H,17,19)(H,20,21). The van der Waals surface area contributed by atoms with Crippen molar-refractivity contribution in [1.82, 2.24) is 10.6 Å². The highest BCUT2D eigenvalue weighted by Crippen LogP contribution is 2.08. The molecule has 6 heteroatoms. The number of rotatable bonds is 14. The van der Waals surface area contributed by atoms with Gasteiger partial charge < -0.3 is 15.7 Å². The van der Waals surface area contributed by atoms with Gasteiger partial charge in [-0.2, -0.15) is 0 Å². The average molecular weight is 300 g/mol.